The first-order valence-electron chi connectivity index (χ1n) is 9.20. The number of hydrogen-bond donors (Lipinski definition) is 2. The molecule has 28 heavy (non-hydrogen) atoms. The van der Waals surface area contributed by atoms with Gasteiger partial charge in [-0.1, -0.05) is 17.7 Å². The Balaban J connectivity index is 1.87. The van der Waals surface area contributed by atoms with Crippen LogP contribution in [0.3, 0.4) is 0 Å². The Morgan fingerprint density at radius 1 is 1.36 bits per heavy atom. The third-order valence-electron chi connectivity index (χ3n) is 5.03. The van der Waals surface area contributed by atoms with E-state index in [0.717, 1.165) is 0 Å². The predicted molar refractivity (Wildman–Crippen MR) is 103 cm³/mol. The number of ether oxygens (including phenoxy) is 2. The largest absolute Gasteiger partial charge is 0.389 e. The summed E-state index contributed by atoms with van der Waals surface area (Å²) in [6, 6.07) is 5.56. The number of hydrogen-bond acceptors (Lipinski definition) is 6. The number of nitrogens with one attached hydrogen (secondary N) is 1. The fourth-order valence-corrected chi connectivity index (χ4v) is 5.66. The second-order valence-electron chi connectivity index (χ2n) is 7.04. The van der Waals surface area contributed by atoms with Crippen LogP contribution >= 0.6 is 11.6 Å². The zero-order valence-corrected chi connectivity index (χ0v) is 17.2. The Kier molecular flexibility index (Phi) is 6.95. The van der Waals surface area contributed by atoms with E-state index in [-0.39, 0.29) is 43.1 Å². The van der Waals surface area contributed by atoms with Crippen LogP contribution in [-0.2, 0) is 24.3 Å². The molecule has 0 radical (unpaired) electrons. The second kappa shape index (κ2) is 9.06. The van der Waals surface area contributed by atoms with E-state index < -0.39 is 28.3 Å². The van der Waals surface area contributed by atoms with Gasteiger partial charge in [0.15, 0.2) is 0 Å². The molecular weight excluding hydrogens is 408 g/mol. The maximum absolute atomic E-state index is 13.3. The second-order valence-corrected chi connectivity index (χ2v) is 9.37. The van der Waals surface area contributed by atoms with Crippen LogP contribution in [0.2, 0.25) is 5.02 Å². The number of fused-ring (bicyclic) bond motifs is 1. The number of amides is 1. The minimum atomic E-state index is -3.90. The average molecular weight is 433 g/mol. The molecule has 1 aromatic rings. The lowest BCUT2D eigenvalue weighted by atomic mass is 9.96. The molecule has 0 unspecified atom stereocenters. The van der Waals surface area contributed by atoms with Crippen molar-refractivity contribution < 1.29 is 27.8 Å². The van der Waals surface area contributed by atoms with Crippen LogP contribution in [0.1, 0.15) is 19.3 Å². The standard InChI is InChI=1S/C18H25ClN2O6S/c1-20-18(23)8-14-5-6-16-17(27-14)11-26-10-13(22)9-21(16)28(24,25)15-4-2-3-12(19)7-15/h2-4,7,13-14,16-17,22H,5-6,8-11H2,1H3,(H,20,23)/t13-,14-,16-,17+/m0/s1. The highest BCUT2D eigenvalue weighted by molar-refractivity contribution is 7.89. The number of aliphatic hydroxyl groups excluding tert-OH is 1. The number of rotatable bonds is 4. The molecule has 1 aromatic carbocycles. The van der Waals surface area contributed by atoms with Crippen LogP contribution in [-0.4, -0.2) is 74.9 Å². The van der Waals surface area contributed by atoms with Crippen molar-refractivity contribution in [2.24, 2.45) is 0 Å². The fourth-order valence-electron chi connectivity index (χ4n) is 3.64. The van der Waals surface area contributed by atoms with Crippen LogP contribution in [0.4, 0.5) is 0 Å². The van der Waals surface area contributed by atoms with Gasteiger partial charge >= 0.3 is 0 Å². The van der Waals surface area contributed by atoms with Gasteiger partial charge in [0.2, 0.25) is 15.9 Å². The van der Waals surface area contributed by atoms with Crippen LogP contribution < -0.4 is 5.32 Å². The van der Waals surface area contributed by atoms with Crippen LogP contribution in [0.5, 0.6) is 0 Å². The lowest BCUT2D eigenvalue weighted by Crippen LogP contribution is -2.57. The van der Waals surface area contributed by atoms with E-state index in [1.165, 1.54) is 16.4 Å². The first kappa shape index (κ1) is 21.5. The van der Waals surface area contributed by atoms with Gasteiger partial charge in [-0.2, -0.15) is 4.31 Å². The molecule has 2 N–H and O–H groups in total. The molecule has 0 bridgehead atoms. The molecule has 2 aliphatic heterocycles. The maximum atomic E-state index is 13.3. The van der Waals surface area contributed by atoms with Crippen LogP contribution in [0, 0.1) is 0 Å². The fraction of sp³-hybridized carbons (Fsp3) is 0.611. The molecule has 2 heterocycles. The van der Waals surface area contributed by atoms with Crippen LogP contribution in [0.25, 0.3) is 0 Å². The minimum absolute atomic E-state index is 0.00819. The number of carbonyl (C=O) groups is 1. The summed E-state index contributed by atoms with van der Waals surface area (Å²) in [6.07, 6.45) is -0.522. The summed E-state index contributed by atoms with van der Waals surface area (Å²) < 4.78 is 39.4. The number of benzene rings is 1. The van der Waals surface area contributed by atoms with Crippen molar-refractivity contribution >= 4 is 27.5 Å². The third kappa shape index (κ3) is 4.84. The van der Waals surface area contributed by atoms with E-state index in [4.69, 9.17) is 21.1 Å². The Bertz CT molecular complexity index is 805. The zero-order chi connectivity index (χ0) is 20.3. The Labute approximate surface area is 169 Å². The summed E-state index contributed by atoms with van der Waals surface area (Å²) >= 11 is 5.98. The minimum Gasteiger partial charge on any atom is -0.389 e. The zero-order valence-electron chi connectivity index (χ0n) is 15.6. The average Bonchev–Trinajstić information content (AvgIpc) is 2.65. The number of halogens is 1. The lowest BCUT2D eigenvalue weighted by Gasteiger charge is -2.43. The van der Waals surface area contributed by atoms with E-state index in [9.17, 15) is 18.3 Å². The monoisotopic (exact) mass is 432 g/mol. The molecule has 156 valence electrons. The van der Waals surface area contributed by atoms with E-state index in [1.807, 2.05) is 0 Å². The van der Waals surface area contributed by atoms with E-state index in [0.29, 0.717) is 17.9 Å². The number of carbonyl (C=O) groups excluding carboxylic acids is 1. The molecule has 0 saturated carbocycles. The van der Waals surface area contributed by atoms with Gasteiger partial charge in [-0.3, -0.25) is 4.79 Å². The van der Waals surface area contributed by atoms with Gasteiger partial charge in [-0.25, -0.2) is 8.42 Å². The number of nitrogens with zero attached hydrogens (tertiary/aromatic N) is 1. The third-order valence-corrected chi connectivity index (χ3v) is 7.15. The molecule has 8 nitrogen and oxygen atoms in total. The first-order chi connectivity index (χ1) is 13.3. The summed E-state index contributed by atoms with van der Waals surface area (Å²) in [7, 11) is -2.34. The van der Waals surface area contributed by atoms with Gasteiger partial charge in [0, 0.05) is 18.6 Å². The van der Waals surface area contributed by atoms with Crippen molar-refractivity contribution in [1.82, 2.24) is 9.62 Å². The molecule has 2 aliphatic rings. The molecule has 1 amide bonds. The van der Waals surface area contributed by atoms with E-state index in [1.54, 1.807) is 19.2 Å². The Morgan fingerprint density at radius 2 is 2.14 bits per heavy atom. The number of sulfonamides is 1. The first-order valence-corrected chi connectivity index (χ1v) is 11.0. The number of aliphatic hydroxyl groups is 1. The highest BCUT2D eigenvalue weighted by atomic mass is 35.5. The van der Waals surface area contributed by atoms with Gasteiger partial charge in [0.05, 0.1) is 48.9 Å². The summed E-state index contributed by atoms with van der Waals surface area (Å²) in [6.45, 7) is 0.0568. The van der Waals surface area contributed by atoms with Crippen molar-refractivity contribution in [2.75, 3.05) is 26.8 Å². The van der Waals surface area contributed by atoms with Gasteiger partial charge in [-0.05, 0) is 31.0 Å². The predicted octanol–water partition coefficient (Wildman–Crippen LogP) is 0.774. The molecule has 0 aromatic heterocycles. The molecule has 0 spiro atoms. The molecule has 10 heteroatoms. The summed E-state index contributed by atoms with van der Waals surface area (Å²) in [4.78, 5) is 11.7. The van der Waals surface area contributed by atoms with E-state index >= 15 is 0 Å². The highest BCUT2D eigenvalue weighted by Gasteiger charge is 2.43. The van der Waals surface area contributed by atoms with Crippen molar-refractivity contribution in [1.29, 1.82) is 0 Å². The maximum Gasteiger partial charge on any atom is 0.243 e. The van der Waals surface area contributed by atoms with Crippen molar-refractivity contribution in [3.05, 3.63) is 29.3 Å². The molecule has 2 fully saturated rings. The van der Waals surface area contributed by atoms with Crippen LogP contribution in [0.15, 0.2) is 29.2 Å². The van der Waals surface area contributed by atoms with Gasteiger partial charge < -0.3 is 19.9 Å². The molecule has 0 aliphatic carbocycles. The normalized spacial score (nSPS) is 29.4. The Morgan fingerprint density at radius 3 is 2.86 bits per heavy atom. The SMILES string of the molecule is CNC(=O)C[C@@H]1CC[C@H]2[C@@H](COC[C@@H](O)CN2S(=O)(=O)c2cccc(Cl)c2)O1. The van der Waals surface area contributed by atoms with Gasteiger partial charge in [0.25, 0.3) is 0 Å². The van der Waals surface area contributed by atoms with Gasteiger partial charge in [-0.15, -0.1) is 0 Å². The van der Waals surface area contributed by atoms with E-state index in [2.05, 4.69) is 5.32 Å². The summed E-state index contributed by atoms with van der Waals surface area (Å²) in [5, 5.41) is 13.1. The quantitative estimate of drug-likeness (QED) is 0.728. The smallest absolute Gasteiger partial charge is 0.243 e. The van der Waals surface area contributed by atoms with Crippen molar-refractivity contribution in [2.45, 2.75) is 48.5 Å². The van der Waals surface area contributed by atoms with Gasteiger partial charge in [0.1, 0.15) is 0 Å². The molecule has 4 atom stereocenters. The Hall–Kier alpha value is -1.23. The lowest BCUT2D eigenvalue weighted by molar-refractivity contribution is -0.146. The number of β-amino-alcohol motifs (C(OH)–C–C–N with tert-alkyl or cyclic N) is 1. The summed E-state index contributed by atoms with van der Waals surface area (Å²) in [5.74, 6) is -0.131. The summed E-state index contributed by atoms with van der Waals surface area (Å²) in [5.41, 5.74) is 0. The molecule has 3 rings (SSSR count). The highest BCUT2D eigenvalue weighted by Crippen LogP contribution is 2.32. The van der Waals surface area contributed by atoms with Crippen molar-refractivity contribution in [3.8, 4) is 0 Å². The molecular formula is C18H25ClN2O6S. The topological polar surface area (TPSA) is 105 Å². The van der Waals surface area contributed by atoms with Crippen molar-refractivity contribution in [3.63, 3.8) is 0 Å². The molecule has 2 saturated heterocycles.